The summed E-state index contributed by atoms with van der Waals surface area (Å²) in [6.45, 7) is 8.70. The number of carboxylic acids is 1. The zero-order chi connectivity index (χ0) is 14.4. The van der Waals surface area contributed by atoms with Crippen LogP contribution in [0.15, 0.2) is 18.2 Å². The molecule has 0 aromatic heterocycles. The molecule has 0 atom stereocenters. The first-order valence-electron chi connectivity index (χ1n) is 6.64. The van der Waals surface area contributed by atoms with Gasteiger partial charge in [-0.05, 0) is 61.6 Å². The van der Waals surface area contributed by atoms with Crippen molar-refractivity contribution in [1.29, 1.82) is 0 Å². The molecular formula is C16H22O3. The summed E-state index contributed by atoms with van der Waals surface area (Å²) in [5.74, 6) is 0.101. The predicted octanol–water partition coefficient (Wildman–Crippen LogP) is 3.97. The summed E-state index contributed by atoms with van der Waals surface area (Å²) in [6, 6.07) is 4.11. The van der Waals surface area contributed by atoms with Crippen molar-refractivity contribution < 1.29 is 14.6 Å². The Bertz CT molecular complexity index is 487. The van der Waals surface area contributed by atoms with E-state index in [1.54, 1.807) is 6.08 Å². The molecule has 0 spiro atoms. The highest BCUT2D eigenvalue weighted by molar-refractivity contribution is 5.75. The Kier molecular flexibility index (Phi) is 5.61. The predicted molar refractivity (Wildman–Crippen MR) is 77.6 cm³/mol. The Morgan fingerprint density at radius 1 is 1.26 bits per heavy atom. The first-order valence-corrected chi connectivity index (χ1v) is 6.64. The van der Waals surface area contributed by atoms with E-state index in [2.05, 4.69) is 6.07 Å². The summed E-state index contributed by atoms with van der Waals surface area (Å²) in [7, 11) is 0. The Morgan fingerprint density at radius 2 is 1.95 bits per heavy atom. The van der Waals surface area contributed by atoms with E-state index in [1.807, 2.05) is 33.8 Å². The lowest BCUT2D eigenvalue weighted by Gasteiger charge is -2.14. The van der Waals surface area contributed by atoms with Gasteiger partial charge >= 0.3 is 5.97 Å². The monoisotopic (exact) mass is 262 g/mol. The maximum Gasteiger partial charge on any atom is 0.307 e. The van der Waals surface area contributed by atoms with E-state index in [4.69, 9.17) is 9.84 Å². The molecule has 3 nitrogen and oxygen atoms in total. The lowest BCUT2D eigenvalue weighted by molar-refractivity contribution is -0.135. The van der Waals surface area contributed by atoms with Gasteiger partial charge in [-0.2, -0.15) is 0 Å². The summed E-state index contributed by atoms with van der Waals surface area (Å²) in [5.41, 5.74) is 4.39. The lowest BCUT2D eigenvalue weighted by atomic mass is 9.95. The van der Waals surface area contributed by atoms with Gasteiger partial charge in [0.2, 0.25) is 0 Å². The summed E-state index contributed by atoms with van der Waals surface area (Å²) < 4.78 is 5.57. The quantitative estimate of drug-likeness (QED) is 0.843. The fourth-order valence-corrected chi connectivity index (χ4v) is 2.10. The molecule has 0 amide bonds. The molecule has 104 valence electrons. The van der Waals surface area contributed by atoms with Gasteiger partial charge in [0.25, 0.3) is 0 Å². The molecule has 0 aliphatic carbocycles. The van der Waals surface area contributed by atoms with Crippen LogP contribution in [0, 0.1) is 13.8 Å². The average molecular weight is 262 g/mol. The topological polar surface area (TPSA) is 46.5 Å². The first-order chi connectivity index (χ1) is 8.99. The zero-order valence-electron chi connectivity index (χ0n) is 12.1. The summed E-state index contributed by atoms with van der Waals surface area (Å²) in [4.78, 5) is 10.7. The van der Waals surface area contributed by atoms with E-state index in [9.17, 15) is 4.79 Å². The first kappa shape index (κ1) is 15.3. The van der Waals surface area contributed by atoms with Crippen LogP contribution in [0.3, 0.4) is 0 Å². The van der Waals surface area contributed by atoms with Crippen LogP contribution in [-0.2, 0) is 4.79 Å². The molecule has 19 heavy (non-hydrogen) atoms. The van der Waals surface area contributed by atoms with Crippen molar-refractivity contribution in [2.45, 2.75) is 40.5 Å². The SMILES string of the molecule is CCOc1cc(C)c(/C(=C/CC(=O)O)CC)cc1C. The number of hydrogen-bond acceptors (Lipinski definition) is 2. The third kappa shape index (κ3) is 4.12. The van der Waals surface area contributed by atoms with Crippen molar-refractivity contribution in [2.24, 2.45) is 0 Å². The Balaban J connectivity index is 3.15. The number of hydrogen-bond donors (Lipinski definition) is 1. The molecule has 0 aliphatic heterocycles. The van der Waals surface area contributed by atoms with Crippen LogP contribution in [0.25, 0.3) is 5.57 Å². The van der Waals surface area contributed by atoms with Gasteiger partial charge < -0.3 is 9.84 Å². The largest absolute Gasteiger partial charge is 0.494 e. The average Bonchev–Trinajstić information content (AvgIpc) is 2.35. The van der Waals surface area contributed by atoms with Gasteiger partial charge in [-0.3, -0.25) is 4.79 Å². The smallest absolute Gasteiger partial charge is 0.307 e. The molecule has 3 heteroatoms. The number of benzene rings is 1. The van der Waals surface area contributed by atoms with E-state index in [0.29, 0.717) is 6.61 Å². The van der Waals surface area contributed by atoms with Crippen molar-refractivity contribution >= 4 is 11.5 Å². The van der Waals surface area contributed by atoms with Crippen LogP contribution in [0.5, 0.6) is 5.75 Å². The van der Waals surface area contributed by atoms with Crippen molar-refractivity contribution in [2.75, 3.05) is 6.61 Å². The second-order valence-electron chi connectivity index (χ2n) is 4.55. The van der Waals surface area contributed by atoms with Gasteiger partial charge in [0, 0.05) is 0 Å². The molecule has 0 bridgehead atoms. The maximum atomic E-state index is 10.7. The number of carboxylic acid groups (broad SMARTS) is 1. The molecule has 0 radical (unpaired) electrons. The fourth-order valence-electron chi connectivity index (χ4n) is 2.10. The third-order valence-electron chi connectivity index (χ3n) is 3.07. The minimum Gasteiger partial charge on any atom is -0.494 e. The van der Waals surface area contributed by atoms with Crippen LogP contribution >= 0.6 is 0 Å². The second-order valence-corrected chi connectivity index (χ2v) is 4.55. The van der Waals surface area contributed by atoms with Crippen LogP contribution in [0.4, 0.5) is 0 Å². The normalized spacial score (nSPS) is 11.5. The van der Waals surface area contributed by atoms with Crippen LogP contribution < -0.4 is 4.74 Å². The molecule has 0 aliphatic rings. The Morgan fingerprint density at radius 3 is 2.47 bits per heavy atom. The molecule has 0 heterocycles. The van der Waals surface area contributed by atoms with Crippen LogP contribution in [0.2, 0.25) is 0 Å². The van der Waals surface area contributed by atoms with Gasteiger partial charge in [-0.25, -0.2) is 0 Å². The minimum absolute atomic E-state index is 0.0644. The van der Waals surface area contributed by atoms with Crippen LogP contribution in [0.1, 0.15) is 43.4 Å². The van der Waals surface area contributed by atoms with Crippen molar-refractivity contribution in [3.63, 3.8) is 0 Å². The van der Waals surface area contributed by atoms with E-state index >= 15 is 0 Å². The molecular weight excluding hydrogens is 240 g/mol. The molecule has 0 fully saturated rings. The van der Waals surface area contributed by atoms with Gasteiger partial charge in [0.15, 0.2) is 0 Å². The van der Waals surface area contributed by atoms with Gasteiger partial charge in [0.1, 0.15) is 5.75 Å². The standard InChI is InChI=1S/C16H22O3/c1-5-13(7-8-16(17)18)14-9-12(4)15(19-6-2)10-11(14)3/h7,9-10H,5-6,8H2,1-4H3,(H,17,18)/b13-7+. The number of carbonyl (C=O) groups is 1. The van der Waals surface area contributed by atoms with Crippen molar-refractivity contribution in [1.82, 2.24) is 0 Å². The highest BCUT2D eigenvalue weighted by Crippen LogP contribution is 2.29. The zero-order valence-corrected chi connectivity index (χ0v) is 12.1. The summed E-state index contributed by atoms with van der Waals surface area (Å²) in [5, 5.41) is 8.78. The molecule has 1 aromatic carbocycles. The van der Waals surface area contributed by atoms with E-state index in [1.165, 1.54) is 0 Å². The van der Waals surface area contributed by atoms with Gasteiger partial charge in [-0.15, -0.1) is 0 Å². The number of rotatable bonds is 6. The van der Waals surface area contributed by atoms with Gasteiger partial charge in [0.05, 0.1) is 13.0 Å². The number of aryl methyl sites for hydroxylation is 2. The molecule has 1 aromatic rings. The highest BCUT2D eigenvalue weighted by atomic mass is 16.5. The molecule has 1 rings (SSSR count). The summed E-state index contributed by atoms with van der Waals surface area (Å²) >= 11 is 0. The summed E-state index contributed by atoms with van der Waals surface area (Å²) in [6.07, 6.45) is 2.68. The third-order valence-corrected chi connectivity index (χ3v) is 3.07. The molecule has 0 unspecified atom stereocenters. The van der Waals surface area contributed by atoms with Crippen molar-refractivity contribution in [3.8, 4) is 5.75 Å². The van der Waals surface area contributed by atoms with Crippen molar-refractivity contribution in [3.05, 3.63) is 34.9 Å². The Labute approximate surface area is 114 Å². The van der Waals surface area contributed by atoms with E-state index in [0.717, 1.165) is 34.4 Å². The molecule has 0 saturated carbocycles. The maximum absolute atomic E-state index is 10.7. The van der Waals surface area contributed by atoms with E-state index < -0.39 is 5.97 Å². The second kappa shape index (κ2) is 6.98. The highest BCUT2D eigenvalue weighted by Gasteiger charge is 2.09. The lowest BCUT2D eigenvalue weighted by Crippen LogP contribution is -1.98. The molecule has 0 saturated heterocycles. The number of ether oxygens (including phenoxy) is 1. The molecule has 1 N–H and O–H groups in total. The number of allylic oxidation sites excluding steroid dienone is 1. The number of aliphatic carboxylic acids is 1. The van der Waals surface area contributed by atoms with E-state index in [-0.39, 0.29) is 6.42 Å². The Hall–Kier alpha value is -1.77. The fraction of sp³-hybridized carbons (Fsp3) is 0.438. The van der Waals surface area contributed by atoms with Gasteiger partial charge in [-0.1, -0.05) is 13.0 Å². The van der Waals surface area contributed by atoms with Crippen LogP contribution in [-0.4, -0.2) is 17.7 Å². The minimum atomic E-state index is -0.800.